The zero-order valence-electron chi connectivity index (χ0n) is 8.27. The van der Waals surface area contributed by atoms with Crippen LogP contribution in [0.1, 0.15) is 5.56 Å². The van der Waals surface area contributed by atoms with Crippen LogP contribution in [-0.2, 0) is 6.42 Å². The SMILES string of the molecule is NCCc1ccccc1-c1nc(N)n[nH]1. The molecule has 78 valence electrons. The quantitative estimate of drug-likeness (QED) is 0.679. The minimum Gasteiger partial charge on any atom is -0.366 e. The van der Waals surface area contributed by atoms with Crippen molar-refractivity contribution in [2.75, 3.05) is 12.3 Å². The van der Waals surface area contributed by atoms with Gasteiger partial charge in [0.15, 0.2) is 5.82 Å². The van der Waals surface area contributed by atoms with E-state index in [1.54, 1.807) is 0 Å². The summed E-state index contributed by atoms with van der Waals surface area (Å²) < 4.78 is 0. The van der Waals surface area contributed by atoms with Crippen LogP contribution in [0.5, 0.6) is 0 Å². The third kappa shape index (κ3) is 1.97. The highest BCUT2D eigenvalue weighted by atomic mass is 15.3. The van der Waals surface area contributed by atoms with Crippen LogP contribution in [0.15, 0.2) is 24.3 Å². The van der Waals surface area contributed by atoms with Crippen LogP contribution in [0.2, 0.25) is 0 Å². The molecule has 1 aromatic heterocycles. The van der Waals surface area contributed by atoms with Gasteiger partial charge < -0.3 is 11.5 Å². The largest absolute Gasteiger partial charge is 0.366 e. The van der Waals surface area contributed by atoms with Crippen LogP contribution in [0.3, 0.4) is 0 Å². The summed E-state index contributed by atoms with van der Waals surface area (Å²) in [6, 6.07) is 7.94. The molecule has 0 atom stereocenters. The van der Waals surface area contributed by atoms with Crippen molar-refractivity contribution in [1.82, 2.24) is 15.2 Å². The molecule has 0 radical (unpaired) electrons. The minimum absolute atomic E-state index is 0.257. The Balaban J connectivity index is 2.42. The molecule has 0 bridgehead atoms. The lowest BCUT2D eigenvalue weighted by atomic mass is 10.0. The molecule has 0 aliphatic heterocycles. The first kappa shape index (κ1) is 9.67. The maximum atomic E-state index is 5.54. The Morgan fingerprint density at radius 1 is 1.27 bits per heavy atom. The van der Waals surface area contributed by atoms with E-state index in [4.69, 9.17) is 11.5 Å². The van der Waals surface area contributed by atoms with Crippen molar-refractivity contribution in [1.29, 1.82) is 0 Å². The molecule has 0 aliphatic carbocycles. The van der Waals surface area contributed by atoms with E-state index in [2.05, 4.69) is 15.2 Å². The van der Waals surface area contributed by atoms with Crippen LogP contribution < -0.4 is 11.5 Å². The number of aromatic amines is 1. The Kier molecular flexibility index (Phi) is 2.64. The maximum absolute atomic E-state index is 5.54. The Bertz CT molecular complexity index is 449. The standard InChI is InChI=1S/C10H13N5/c11-6-5-7-3-1-2-4-8(7)9-13-10(12)15-14-9/h1-4H,5-6,11H2,(H3,12,13,14,15). The second-order valence-corrected chi connectivity index (χ2v) is 3.24. The van der Waals surface area contributed by atoms with E-state index in [0.29, 0.717) is 12.4 Å². The molecule has 0 saturated heterocycles. The van der Waals surface area contributed by atoms with Crippen molar-refractivity contribution in [3.63, 3.8) is 0 Å². The summed E-state index contributed by atoms with van der Waals surface area (Å²) in [5.41, 5.74) is 13.2. The molecule has 15 heavy (non-hydrogen) atoms. The first-order chi connectivity index (χ1) is 7.31. The van der Waals surface area contributed by atoms with Gasteiger partial charge in [-0.25, -0.2) is 0 Å². The number of nitrogens with two attached hydrogens (primary N) is 2. The average Bonchev–Trinajstić information content (AvgIpc) is 2.66. The molecule has 0 spiro atoms. The van der Waals surface area contributed by atoms with Gasteiger partial charge in [-0.3, -0.25) is 5.10 Å². The molecule has 5 nitrogen and oxygen atoms in total. The Morgan fingerprint density at radius 3 is 2.73 bits per heavy atom. The topological polar surface area (TPSA) is 93.6 Å². The van der Waals surface area contributed by atoms with E-state index in [1.807, 2.05) is 24.3 Å². The molecule has 0 amide bonds. The summed E-state index contributed by atoms with van der Waals surface area (Å²) in [4.78, 5) is 4.09. The van der Waals surface area contributed by atoms with Crippen LogP contribution in [0, 0.1) is 0 Å². The van der Waals surface area contributed by atoms with Gasteiger partial charge in [-0.05, 0) is 18.5 Å². The van der Waals surface area contributed by atoms with Gasteiger partial charge in [0.05, 0.1) is 0 Å². The highest BCUT2D eigenvalue weighted by Crippen LogP contribution is 2.20. The van der Waals surface area contributed by atoms with Gasteiger partial charge in [0.1, 0.15) is 0 Å². The summed E-state index contributed by atoms with van der Waals surface area (Å²) >= 11 is 0. The van der Waals surface area contributed by atoms with E-state index in [0.717, 1.165) is 17.5 Å². The number of nitrogens with one attached hydrogen (secondary N) is 1. The molecule has 0 saturated carbocycles. The van der Waals surface area contributed by atoms with Crippen molar-refractivity contribution < 1.29 is 0 Å². The van der Waals surface area contributed by atoms with Gasteiger partial charge in [-0.2, -0.15) is 4.98 Å². The van der Waals surface area contributed by atoms with E-state index < -0.39 is 0 Å². The molecule has 0 fully saturated rings. The highest BCUT2D eigenvalue weighted by molar-refractivity contribution is 5.60. The predicted molar refractivity (Wildman–Crippen MR) is 59.0 cm³/mol. The first-order valence-electron chi connectivity index (χ1n) is 4.77. The highest BCUT2D eigenvalue weighted by Gasteiger charge is 2.07. The number of nitrogen functional groups attached to an aromatic ring is 1. The average molecular weight is 203 g/mol. The van der Waals surface area contributed by atoms with Crippen LogP contribution in [0.25, 0.3) is 11.4 Å². The lowest BCUT2D eigenvalue weighted by Crippen LogP contribution is -2.04. The lowest BCUT2D eigenvalue weighted by Gasteiger charge is -2.04. The summed E-state index contributed by atoms with van der Waals surface area (Å²) in [7, 11) is 0. The minimum atomic E-state index is 0.257. The molecule has 1 heterocycles. The van der Waals surface area contributed by atoms with Crippen LogP contribution in [0.4, 0.5) is 5.95 Å². The van der Waals surface area contributed by atoms with Gasteiger partial charge in [0.25, 0.3) is 0 Å². The van der Waals surface area contributed by atoms with Gasteiger partial charge in [0.2, 0.25) is 5.95 Å². The van der Waals surface area contributed by atoms with Crippen molar-refractivity contribution in [2.24, 2.45) is 5.73 Å². The number of nitrogens with zero attached hydrogens (tertiary/aromatic N) is 2. The second kappa shape index (κ2) is 4.10. The number of hydrogen-bond acceptors (Lipinski definition) is 4. The molecule has 0 unspecified atom stereocenters. The summed E-state index contributed by atoms with van der Waals surface area (Å²) in [5, 5.41) is 6.60. The third-order valence-electron chi connectivity index (χ3n) is 2.19. The molecule has 0 aliphatic rings. The fourth-order valence-electron chi connectivity index (χ4n) is 1.52. The zero-order chi connectivity index (χ0) is 10.7. The predicted octanol–water partition coefficient (Wildman–Crippen LogP) is 0.555. The third-order valence-corrected chi connectivity index (χ3v) is 2.19. The van der Waals surface area contributed by atoms with Gasteiger partial charge in [-0.15, -0.1) is 5.10 Å². The number of aromatic nitrogens is 3. The van der Waals surface area contributed by atoms with Gasteiger partial charge in [0, 0.05) is 5.56 Å². The molecule has 2 aromatic rings. The number of H-pyrrole nitrogens is 1. The zero-order valence-corrected chi connectivity index (χ0v) is 8.27. The number of anilines is 1. The molecule has 5 N–H and O–H groups in total. The van der Waals surface area contributed by atoms with Crippen molar-refractivity contribution in [3.8, 4) is 11.4 Å². The lowest BCUT2D eigenvalue weighted by molar-refractivity contribution is 0.966. The van der Waals surface area contributed by atoms with Crippen LogP contribution >= 0.6 is 0 Å². The van der Waals surface area contributed by atoms with Crippen molar-refractivity contribution >= 4 is 5.95 Å². The van der Waals surface area contributed by atoms with Crippen molar-refractivity contribution in [3.05, 3.63) is 29.8 Å². The first-order valence-corrected chi connectivity index (χ1v) is 4.77. The van der Waals surface area contributed by atoms with Gasteiger partial charge in [-0.1, -0.05) is 24.3 Å². The maximum Gasteiger partial charge on any atom is 0.239 e. The van der Waals surface area contributed by atoms with E-state index in [-0.39, 0.29) is 5.95 Å². The summed E-state index contributed by atoms with van der Waals surface area (Å²) in [6.07, 6.45) is 0.816. The Hall–Kier alpha value is -1.88. The molecular weight excluding hydrogens is 190 g/mol. The summed E-state index contributed by atoms with van der Waals surface area (Å²) in [5.74, 6) is 0.948. The normalized spacial score (nSPS) is 10.5. The fourth-order valence-corrected chi connectivity index (χ4v) is 1.52. The van der Waals surface area contributed by atoms with Crippen molar-refractivity contribution in [2.45, 2.75) is 6.42 Å². The van der Waals surface area contributed by atoms with E-state index in [9.17, 15) is 0 Å². The Morgan fingerprint density at radius 2 is 2.07 bits per heavy atom. The molecule has 1 aromatic carbocycles. The monoisotopic (exact) mass is 203 g/mol. The smallest absolute Gasteiger partial charge is 0.239 e. The molecular formula is C10H13N5. The second-order valence-electron chi connectivity index (χ2n) is 3.24. The number of rotatable bonds is 3. The van der Waals surface area contributed by atoms with Crippen LogP contribution in [-0.4, -0.2) is 21.7 Å². The molecule has 2 rings (SSSR count). The number of hydrogen-bond donors (Lipinski definition) is 3. The van der Waals surface area contributed by atoms with E-state index in [1.165, 1.54) is 0 Å². The summed E-state index contributed by atoms with van der Waals surface area (Å²) in [6.45, 7) is 0.612. The fraction of sp³-hybridized carbons (Fsp3) is 0.200. The van der Waals surface area contributed by atoms with Gasteiger partial charge >= 0.3 is 0 Å². The Labute approximate surface area is 87.5 Å². The molecule has 5 heteroatoms. The number of benzene rings is 1. The van der Waals surface area contributed by atoms with E-state index >= 15 is 0 Å².